The standard InChI is InChI=1S/C15H13N5S/c1-9-6-10(14(16)17)7-13(20-9)21-15-11-4-2-3-5-12(11)18-8-19-15/h2-8H,1H3,(H3,16,17). The molecule has 0 saturated heterocycles. The van der Waals surface area contributed by atoms with Crippen molar-refractivity contribution in [1.29, 1.82) is 5.41 Å². The zero-order valence-electron chi connectivity index (χ0n) is 11.4. The summed E-state index contributed by atoms with van der Waals surface area (Å²) < 4.78 is 0. The largest absolute Gasteiger partial charge is 0.384 e. The minimum absolute atomic E-state index is 0.0369. The first-order chi connectivity index (χ1) is 10.1. The van der Waals surface area contributed by atoms with E-state index in [1.54, 1.807) is 18.5 Å². The summed E-state index contributed by atoms with van der Waals surface area (Å²) in [5.74, 6) is 0.0369. The number of aryl methyl sites for hydroxylation is 1. The Bertz CT molecular complexity index is 826. The Balaban J connectivity index is 2.05. The minimum Gasteiger partial charge on any atom is -0.384 e. The van der Waals surface area contributed by atoms with Gasteiger partial charge in [-0.2, -0.15) is 0 Å². The molecule has 5 nitrogen and oxygen atoms in total. The quantitative estimate of drug-likeness (QED) is 0.440. The Kier molecular flexibility index (Phi) is 3.53. The third kappa shape index (κ3) is 2.85. The number of nitrogen functional groups attached to an aromatic ring is 1. The summed E-state index contributed by atoms with van der Waals surface area (Å²) in [4.78, 5) is 13.0. The first-order valence-electron chi connectivity index (χ1n) is 6.34. The van der Waals surface area contributed by atoms with Crippen LogP contribution >= 0.6 is 11.8 Å². The number of rotatable bonds is 3. The summed E-state index contributed by atoms with van der Waals surface area (Å²) in [6, 6.07) is 11.4. The van der Waals surface area contributed by atoms with Gasteiger partial charge in [-0.05, 0) is 36.9 Å². The summed E-state index contributed by atoms with van der Waals surface area (Å²) in [5.41, 5.74) is 7.95. The second kappa shape index (κ2) is 5.49. The molecule has 0 aliphatic carbocycles. The Morgan fingerprint density at radius 2 is 2.00 bits per heavy atom. The molecule has 0 bridgehead atoms. The van der Waals surface area contributed by atoms with Gasteiger partial charge in [0.15, 0.2) is 0 Å². The number of hydrogen-bond acceptors (Lipinski definition) is 5. The number of nitrogens with two attached hydrogens (primary N) is 1. The molecule has 104 valence electrons. The number of nitrogens with zero attached hydrogens (tertiary/aromatic N) is 3. The van der Waals surface area contributed by atoms with Gasteiger partial charge in [-0.3, -0.25) is 5.41 Å². The third-order valence-corrected chi connectivity index (χ3v) is 3.89. The Hall–Kier alpha value is -2.47. The van der Waals surface area contributed by atoms with Crippen LogP contribution in [0.5, 0.6) is 0 Å². The maximum atomic E-state index is 7.55. The number of amidine groups is 1. The van der Waals surface area contributed by atoms with Crippen LogP contribution in [0.25, 0.3) is 10.9 Å². The molecule has 2 heterocycles. The van der Waals surface area contributed by atoms with Crippen LogP contribution in [0.4, 0.5) is 0 Å². The van der Waals surface area contributed by atoms with Crippen LogP contribution in [-0.2, 0) is 0 Å². The molecule has 0 aliphatic rings. The van der Waals surface area contributed by atoms with Crippen LogP contribution < -0.4 is 5.73 Å². The van der Waals surface area contributed by atoms with Crippen molar-refractivity contribution in [3.05, 3.63) is 54.0 Å². The summed E-state index contributed by atoms with van der Waals surface area (Å²) >= 11 is 1.45. The number of nitrogens with one attached hydrogen (secondary N) is 1. The Morgan fingerprint density at radius 3 is 2.81 bits per heavy atom. The van der Waals surface area contributed by atoms with Crippen LogP contribution in [-0.4, -0.2) is 20.8 Å². The van der Waals surface area contributed by atoms with Gasteiger partial charge in [-0.1, -0.05) is 18.2 Å². The molecule has 0 fully saturated rings. The lowest BCUT2D eigenvalue weighted by atomic mass is 10.2. The third-order valence-electron chi connectivity index (χ3n) is 2.95. The molecule has 0 unspecified atom stereocenters. The van der Waals surface area contributed by atoms with E-state index in [4.69, 9.17) is 11.1 Å². The average Bonchev–Trinajstić information content (AvgIpc) is 2.47. The number of hydrogen-bond donors (Lipinski definition) is 2. The van der Waals surface area contributed by atoms with Crippen LogP contribution in [0.1, 0.15) is 11.3 Å². The van der Waals surface area contributed by atoms with E-state index in [1.165, 1.54) is 11.8 Å². The van der Waals surface area contributed by atoms with Gasteiger partial charge in [0.05, 0.1) is 5.52 Å². The second-order valence-electron chi connectivity index (χ2n) is 4.55. The maximum absolute atomic E-state index is 7.55. The van der Waals surface area contributed by atoms with Crippen molar-refractivity contribution in [2.75, 3.05) is 0 Å². The zero-order valence-corrected chi connectivity index (χ0v) is 12.2. The predicted molar refractivity (Wildman–Crippen MR) is 83.7 cm³/mol. The highest BCUT2D eigenvalue weighted by atomic mass is 32.2. The van der Waals surface area contributed by atoms with Crippen molar-refractivity contribution >= 4 is 28.5 Å². The van der Waals surface area contributed by atoms with Gasteiger partial charge in [0, 0.05) is 16.6 Å². The van der Waals surface area contributed by atoms with Crippen molar-refractivity contribution in [1.82, 2.24) is 15.0 Å². The molecule has 0 amide bonds. The lowest BCUT2D eigenvalue weighted by Crippen LogP contribution is -2.11. The van der Waals surface area contributed by atoms with E-state index >= 15 is 0 Å². The van der Waals surface area contributed by atoms with Crippen molar-refractivity contribution < 1.29 is 0 Å². The number of pyridine rings is 1. The van der Waals surface area contributed by atoms with Gasteiger partial charge >= 0.3 is 0 Å². The van der Waals surface area contributed by atoms with E-state index in [1.807, 2.05) is 31.2 Å². The highest BCUT2D eigenvalue weighted by Crippen LogP contribution is 2.30. The summed E-state index contributed by atoms with van der Waals surface area (Å²) in [7, 11) is 0. The lowest BCUT2D eigenvalue weighted by Gasteiger charge is -2.07. The van der Waals surface area contributed by atoms with E-state index in [-0.39, 0.29) is 5.84 Å². The van der Waals surface area contributed by atoms with Gasteiger partial charge in [0.2, 0.25) is 0 Å². The molecule has 0 aliphatic heterocycles. The van der Waals surface area contributed by atoms with E-state index in [0.29, 0.717) is 5.56 Å². The zero-order chi connectivity index (χ0) is 14.8. The molecule has 2 aromatic heterocycles. The predicted octanol–water partition coefficient (Wildman–Crippen LogP) is 2.77. The molecular weight excluding hydrogens is 282 g/mol. The van der Waals surface area contributed by atoms with Gasteiger partial charge in [0.25, 0.3) is 0 Å². The molecule has 0 saturated carbocycles. The van der Waals surface area contributed by atoms with E-state index < -0.39 is 0 Å². The normalized spacial score (nSPS) is 10.7. The van der Waals surface area contributed by atoms with Gasteiger partial charge in [0.1, 0.15) is 22.2 Å². The van der Waals surface area contributed by atoms with Crippen molar-refractivity contribution in [2.45, 2.75) is 17.0 Å². The molecule has 0 atom stereocenters. The second-order valence-corrected chi connectivity index (χ2v) is 5.56. The van der Waals surface area contributed by atoms with Gasteiger partial charge < -0.3 is 5.73 Å². The van der Waals surface area contributed by atoms with Gasteiger partial charge in [-0.25, -0.2) is 15.0 Å². The Labute approximate surface area is 126 Å². The number of para-hydroxylation sites is 1. The van der Waals surface area contributed by atoms with Crippen LogP contribution in [0.3, 0.4) is 0 Å². The molecule has 6 heteroatoms. The fourth-order valence-corrected chi connectivity index (χ4v) is 2.96. The average molecular weight is 295 g/mol. The SMILES string of the molecule is Cc1cc(C(=N)N)cc(Sc2ncnc3ccccc23)n1. The molecule has 1 aromatic carbocycles. The highest BCUT2D eigenvalue weighted by molar-refractivity contribution is 7.99. The molecular formula is C15H13N5S. The number of fused-ring (bicyclic) bond motifs is 1. The smallest absolute Gasteiger partial charge is 0.122 e. The molecule has 0 spiro atoms. The fourth-order valence-electron chi connectivity index (χ4n) is 2.01. The topological polar surface area (TPSA) is 88.5 Å². The van der Waals surface area contributed by atoms with Gasteiger partial charge in [-0.15, -0.1) is 0 Å². The Morgan fingerprint density at radius 1 is 1.19 bits per heavy atom. The van der Waals surface area contributed by atoms with Crippen molar-refractivity contribution in [2.24, 2.45) is 5.73 Å². The number of benzene rings is 1. The van der Waals surface area contributed by atoms with Crippen molar-refractivity contribution in [3.63, 3.8) is 0 Å². The molecule has 3 rings (SSSR count). The first-order valence-corrected chi connectivity index (χ1v) is 7.16. The molecule has 0 radical (unpaired) electrons. The molecule has 3 aromatic rings. The molecule has 21 heavy (non-hydrogen) atoms. The maximum Gasteiger partial charge on any atom is 0.122 e. The van der Waals surface area contributed by atoms with Crippen LogP contribution in [0, 0.1) is 12.3 Å². The monoisotopic (exact) mass is 295 g/mol. The lowest BCUT2D eigenvalue weighted by molar-refractivity contribution is 1.04. The van der Waals surface area contributed by atoms with Crippen LogP contribution in [0.2, 0.25) is 0 Å². The fraction of sp³-hybridized carbons (Fsp3) is 0.0667. The summed E-state index contributed by atoms with van der Waals surface area (Å²) in [5, 5.41) is 10.1. The minimum atomic E-state index is 0.0369. The van der Waals surface area contributed by atoms with Crippen molar-refractivity contribution in [3.8, 4) is 0 Å². The van der Waals surface area contributed by atoms with E-state index in [0.717, 1.165) is 26.6 Å². The van der Waals surface area contributed by atoms with Crippen LogP contribution in [0.15, 0.2) is 52.8 Å². The van der Waals surface area contributed by atoms with E-state index in [9.17, 15) is 0 Å². The molecule has 3 N–H and O–H groups in total. The van der Waals surface area contributed by atoms with E-state index in [2.05, 4.69) is 15.0 Å². The first kappa shape index (κ1) is 13.5. The number of aromatic nitrogens is 3. The summed E-state index contributed by atoms with van der Waals surface area (Å²) in [6.45, 7) is 1.88. The summed E-state index contributed by atoms with van der Waals surface area (Å²) in [6.07, 6.45) is 1.55. The highest BCUT2D eigenvalue weighted by Gasteiger charge is 2.08.